The Hall–Kier alpha value is -1.46. The molecule has 0 heterocycles. The normalized spacial score (nSPS) is 13.8. The summed E-state index contributed by atoms with van der Waals surface area (Å²) in [5.41, 5.74) is 0. The standard InChI is InChI=1S/C14H28N2O4/c1-9(2)7-19-13(17)15-11(5)12(6)16-14(18)20-8-10(3)4/h9-12H,7-8H2,1-6H3,(H,15,17)(H,16,18)/t11-,12-/m1/s1. The molecule has 0 saturated heterocycles. The lowest BCUT2D eigenvalue weighted by molar-refractivity contribution is 0.120. The van der Waals surface area contributed by atoms with E-state index < -0.39 is 12.2 Å². The van der Waals surface area contributed by atoms with Crippen molar-refractivity contribution in [2.75, 3.05) is 13.2 Å². The molecule has 0 aromatic heterocycles. The molecule has 0 aromatic carbocycles. The quantitative estimate of drug-likeness (QED) is 0.754. The molecule has 0 saturated carbocycles. The van der Waals surface area contributed by atoms with E-state index in [4.69, 9.17) is 9.47 Å². The van der Waals surface area contributed by atoms with E-state index >= 15 is 0 Å². The molecule has 6 nitrogen and oxygen atoms in total. The van der Waals surface area contributed by atoms with Crippen molar-refractivity contribution in [3.8, 4) is 0 Å². The number of hydrogen-bond acceptors (Lipinski definition) is 4. The molecule has 2 amide bonds. The zero-order chi connectivity index (χ0) is 15.7. The van der Waals surface area contributed by atoms with Crippen LogP contribution in [-0.2, 0) is 9.47 Å². The van der Waals surface area contributed by atoms with Gasteiger partial charge in [0.25, 0.3) is 0 Å². The molecule has 118 valence electrons. The first-order valence-electron chi connectivity index (χ1n) is 7.09. The number of amides is 2. The van der Waals surface area contributed by atoms with E-state index in [-0.39, 0.29) is 23.9 Å². The number of carbonyl (C=O) groups is 2. The van der Waals surface area contributed by atoms with Crippen LogP contribution < -0.4 is 10.6 Å². The Bertz CT molecular complexity index is 276. The second-order valence-electron chi connectivity index (χ2n) is 5.85. The molecule has 0 aliphatic carbocycles. The summed E-state index contributed by atoms with van der Waals surface area (Å²) in [5, 5.41) is 5.35. The summed E-state index contributed by atoms with van der Waals surface area (Å²) < 4.78 is 10.0. The van der Waals surface area contributed by atoms with E-state index in [1.54, 1.807) is 13.8 Å². The van der Waals surface area contributed by atoms with Crippen molar-refractivity contribution >= 4 is 12.2 Å². The first kappa shape index (κ1) is 18.5. The fourth-order valence-corrected chi connectivity index (χ4v) is 1.19. The minimum Gasteiger partial charge on any atom is -0.449 e. The topological polar surface area (TPSA) is 76.7 Å². The molecular formula is C14H28N2O4. The SMILES string of the molecule is CC(C)COC(=O)N[C@H](C)[C@@H](C)NC(=O)OCC(C)C. The Balaban J connectivity index is 3.98. The maximum Gasteiger partial charge on any atom is 0.407 e. The molecular weight excluding hydrogens is 260 g/mol. The molecule has 6 heteroatoms. The highest BCUT2D eigenvalue weighted by atomic mass is 16.6. The third-order valence-corrected chi connectivity index (χ3v) is 2.54. The van der Waals surface area contributed by atoms with Crippen molar-refractivity contribution in [2.45, 2.75) is 53.6 Å². The molecule has 0 aliphatic heterocycles. The Morgan fingerprint density at radius 1 is 0.750 bits per heavy atom. The first-order chi connectivity index (χ1) is 9.22. The van der Waals surface area contributed by atoms with Crippen LogP contribution in [0, 0.1) is 11.8 Å². The van der Waals surface area contributed by atoms with E-state index in [1.165, 1.54) is 0 Å². The smallest absolute Gasteiger partial charge is 0.407 e. The van der Waals surface area contributed by atoms with E-state index in [0.29, 0.717) is 13.2 Å². The molecule has 0 rings (SSSR count). The fourth-order valence-electron chi connectivity index (χ4n) is 1.19. The molecule has 0 radical (unpaired) electrons. The lowest BCUT2D eigenvalue weighted by Gasteiger charge is -2.22. The zero-order valence-corrected chi connectivity index (χ0v) is 13.4. The van der Waals surface area contributed by atoms with Gasteiger partial charge in [-0.2, -0.15) is 0 Å². The van der Waals surface area contributed by atoms with Gasteiger partial charge in [0.2, 0.25) is 0 Å². The van der Waals surface area contributed by atoms with Crippen LogP contribution in [0.5, 0.6) is 0 Å². The summed E-state index contributed by atoms with van der Waals surface area (Å²) in [6.07, 6.45) is -0.953. The molecule has 0 fully saturated rings. The lowest BCUT2D eigenvalue weighted by atomic mass is 10.2. The van der Waals surface area contributed by atoms with Gasteiger partial charge >= 0.3 is 12.2 Å². The molecule has 0 aliphatic rings. The molecule has 0 aromatic rings. The van der Waals surface area contributed by atoms with Crippen LogP contribution in [0.15, 0.2) is 0 Å². The van der Waals surface area contributed by atoms with Crippen molar-refractivity contribution in [1.29, 1.82) is 0 Å². The van der Waals surface area contributed by atoms with Gasteiger partial charge in [0, 0.05) is 12.1 Å². The van der Waals surface area contributed by atoms with Crippen LogP contribution in [0.1, 0.15) is 41.5 Å². The van der Waals surface area contributed by atoms with Crippen LogP contribution in [0.25, 0.3) is 0 Å². The monoisotopic (exact) mass is 288 g/mol. The Labute approximate surface area is 121 Å². The van der Waals surface area contributed by atoms with Gasteiger partial charge in [-0.15, -0.1) is 0 Å². The summed E-state index contributed by atoms with van der Waals surface area (Å²) in [4.78, 5) is 23.0. The predicted octanol–water partition coefficient (Wildman–Crippen LogP) is 2.53. The van der Waals surface area contributed by atoms with Gasteiger partial charge in [-0.1, -0.05) is 27.7 Å². The average Bonchev–Trinajstić information content (AvgIpc) is 2.33. The van der Waals surface area contributed by atoms with E-state index in [9.17, 15) is 9.59 Å². The van der Waals surface area contributed by atoms with E-state index in [1.807, 2.05) is 27.7 Å². The highest BCUT2D eigenvalue weighted by Crippen LogP contribution is 1.98. The predicted molar refractivity (Wildman–Crippen MR) is 77.6 cm³/mol. The number of ether oxygens (including phenoxy) is 2. The minimum absolute atomic E-state index is 0.249. The summed E-state index contributed by atoms with van der Waals surface area (Å²) >= 11 is 0. The van der Waals surface area contributed by atoms with Gasteiger partial charge in [0.05, 0.1) is 13.2 Å². The van der Waals surface area contributed by atoms with Crippen molar-refractivity contribution in [1.82, 2.24) is 10.6 Å². The van der Waals surface area contributed by atoms with Crippen LogP contribution in [0.2, 0.25) is 0 Å². The van der Waals surface area contributed by atoms with Crippen molar-refractivity contribution in [2.24, 2.45) is 11.8 Å². The maximum absolute atomic E-state index is 11.5. The number of nitrogens with one attached hydrogen (secondary N) is 2. The molecule has 2 atom stereocenters. The Morgan fingerprint density at radius 3 is 1.30 bits per heavy atom. The highest BCUT2D eigenvalue weighted by molar-refractivity contribution is 5.69. The lowest BCUT2D eigenvalue weighted by Crippen LogP contribution is -2.49. The molecule has 0 bridgehead atoms. The second kappa shape index (κ2) is 9.44. The van der Waals surface area contributed by atoms with Gasteiger partial charge < -0.3 is 20.1 Å². The van der Waals surface area contributed by atoms with Crippen LogP contribution in [0.4, 0.5) is 9.59 Å². The maximum atomic E-state index is 11.5. The first-order valence-corrected chi connectivity index (χ1v) is 7.09. The summed E-state index contributed by atoms with van der Waals surface area (Å²) in [6.45, 7) is 12.2. The average molecular weight is 288 g/mol. The van der Waals surface area contributed by atoms with E-state index in [0.717, 1.165) is 0 Å². The van der Waals surface area contributed by atoms with Crippen LogP contribution >= 0.6 is 0 Å². The molecule has 0 unspecified atom stereocenters. The highest BCUT2D eigenvalue weighted by Gasteiger charge is 2.18. The summed E-state index contributed by atoms with van der Waals surface area (Å²) in [7, 11) is 0. The van der Waals surface area contributed by atoms with Crippen molar-refractivity contribution in [3.63, 3.8) is 0 Å². The molecule has 0 spiro atoms. The van der Waals surface area contributed by atoms with Gasteiger partial charge in [0.1, 0.15) is 0 Å². The minimum atomic E-state index is -0.476. The number of hydrogen-bond donors (Lipinski definition) is 2. The number of rotatable bonds is 7. The van der Waals surface area contributed by atoms with Gasteiger partial charge in [-0.3, -0.25) is 0 Å². The second-order valence-corrected chi connectivity index (χ2v) is 5.85. The van der Waals surface area contributed by atoms with Crippen molar-refractivity contribution < 1.29 is 19.1 Å². The Morgan fingerprint density at radius 2 is 1.05 bits per heavy atom. The summed E-state index contributed by atoms with van der Waals surface area (Å²) in [5.74, 6) is 0.579. The van der Waals surface area contributed by atoms with Gasteiger partial charge in [0.15, 0.2) is 0 Å². The molecule has 20 heavy (non-hydrogen) atoms. The number of carbonyl (C=O) groups excluding carboxylic acids is 2. The third-order valence-electron chi connectivity index (χ3n) is 2.54. The summed E-state index contributed by atoms with van der Waals surface area (Å²) in [6, 6.07) is -0.498. The fraction of sp³-hybridized carbons (Fsp3) is 0.857. The van der Waals surface area contributed by atoms with Crippen molar-refractivity contribution in [3.05, 3.63) is 0 Å². The van der Waals surface area contributed by atoms with Crippen LogP contribution in [-0.4, -0.2) is 37.5 Å². The van der Waals surface area contributed by atoms with Gasteiger partial charge in [-0.05, 0) is 25.7 Å². The third kappa shape index (κ3) is 9.47. The Kier molecular flexibility index (Phi) is 8.76. The zero-order valence-electron chi connectivity index (χ0n) is 13.4. The van der Waals surface area contributed by atoms with Gasteiger partial charge in [-0.25, -0.2) is 9.59 Å². The number of alkyl carbamates (subject to hydrolysis) is 2. The largest absolute Gasteiger partial charge is 0.449 e. The van der Waals surface area contributed by atoms with Crippen LogP contribution in [0.3, 0.4) is 0 Å². The van der Waals surface area contributed by atoms with E-state index in [2.05, 4.69) is 10.6 Å². The molecule has 2 N–H and O–H groups in total.